The molecule has 1 saturated heterocycles. The molecule has 4 rings (SSSR count). The number of aromatic nitrogens is 3. The number of piperidine rings is 1. The fourth-order valence-corrected chi connectivity index (χ4v) is 5.61. The average molecular weight is 566 g/mol. The first-order valence-electron chi connectivity index (χ1n) is 12.6. The van der Waals surface area contributed by atoms with Crippen LogP contribution in [0.15, 0.2) is 36.0 Å². The molecule has 2 aliphatic rings. The first-order valence-corrected chi connectivity index (χ1v) is 13.5. The van der Waals surface area contributed by atoms with E-state index in [2.05, 4.69) is 10.3 Å². The van der Waals surface area contributed by atoms with E-state index in [0.29, 0.717) is 50.2 Å². The Kier molecular flexibility index (Phi) is 11.0. The summed E-state index contributed by atoms with van der Waals surface area (Å²) in [5, 5.41) is 16.9. The van der Waals surface area contributed by atoms with E-state index in [1.165, 1.54) is 17.8 Å². The lowest BCUT2D eigenvalue weighted by Gasteiger charge is -2.38. The van der Waals surface area contributed by atoms with Gasteiger partial charge in [0.1, 0.15) is 11.5 Å². The van der Waals surface area contributed by atoms with Crippen molar-refractivity contribution in [2.45, 2.75) is 63.3 Å². The Morgan fingerprint density at radius 1 is 1.24 bits per heavy atom. The number of hydroxylamine groups is 1. The minimum absolute atomic E-state index is 0. The Morgan fingerprint density at radius 2 is 2.00 bits per heavy atom. The van der Waals surface area contributed by atoms with Crippen LogP contribution in [-0.4, -0.2) is 60.2 Å². The number of nitrogens with one attached hydrogen (secondary N) is 1. The molecule has 1 aromatic carbocycles. The lowest BCUT2D eigenvalue weighted by atomic mass is 9.93. The molecule has 2 unspecified atom stereocenters. The number of likely N-dealkylation sites (tertiary alicyclic amines) is 1. The molecule has 9 nitrogen and oxygen atoms in total. The minimum Gasteiger partial charge on any atom is -0.297 e. The summed E-state index contributed by atoms with van der Waals surface area (Å²) in [6, 6.07) is 5.81. The fourth-order valence-electron chi connectivity index (χ4n) is 4.69. The van der Waals surface area contributed by atoms with Crippen LogP contribution < -0.4 is 5.48 Å². The van der Waals surface area contributed by atoms with Crippen molar-refractivity contribution in [3.63, 3.8) is 0 Å². The molecular weight excluding hydrogens is 533 g/mol. The number of unbranched alkanes of at least 4 members (excludes halogenated alkanes) is 1. The predicted octanol–water partition coefficient (Wildman–Crippen LogP) is 3.97. The molecule has 12 heteroatoms. The highest BCUT2D eigenvalue weighted by Crippen LogP contribution is 2.40. The van der Waals surface area contributed by atoms with Crippen molar-refractivity contribution in [1.82, 2.24) is 25.4 Å². The first-order chi connectivity index (χ1) is 17.9. The third kappa shape index (κ3) is 7.95. The van der Waals surface area contributed by atoms with E-state index in [1.807, 2.05) is 11.0 Å². The van der Waals surface area contributed by atoms with E-state index in [4.69, 9.17) is 5.21 Å². The van der Waals surface area contributed by atoms with Crippen LogP contribution in [0.3, 0.4) is 0 Å². The molecule has 0 bridgehead atoms. The molecule has 2 fully saturated rings. The number of hydrogen-bond donors (Lipinski definition) is 2. The highest BCUT2D eigenvalue weighted by molar-refractivity contribution is 8.14. The molecular formula is C26H33ClFN5O4S. The number of Topliss-reactive ketones (excluding diaryl/α,β-unsaturated/α-hetero) is 1. The van der Waals surface area contributed by atoms with Gasteiger partial charge in [-0.05, 0) is 49.8 Å². The largest absolute Gasteiger partial charge is 0.297 e. The van der Waals surface area contributed by atoms with Crippen molar-refractivity contribution in [3.8, 4) is 0 Å². The van der Waals surface area contributed by atoms with E-state index in [9.17, 15) is 18.8 Å². The monoisotopic (exact) mass is 565 g/mol. The van der Waals surface area contributed by atoms with Crippen molar-refractivity contribution < 1.29 is 24.0 Å². The van der Waals surface area contributed by atoms with Gasteiger partial charge in [-0.3, -0.25) is 29.2 Å². The Bertz CT molecular complexity index is 1170. The van der Waals surface area contributed by atoms with E-state index < -0.39 is 11.9 Å². The van der Waals surface area contributed by atoms with Gasteiger partial charge in [0.25, 0.3) is 0 Å². The summed E-state index contributed by atoms with van der Waals surface area (Å²) in [6.07, 6.45) is 7.57. The highest BCUT2D eigenvalue weighted by atomic mass is 35.5. The number of thioether (sulfide) groups is 1. The number of nitrogens with zero attached hydrogens (tertiary/aromatic N) is 4. The maximum atomic E-state index is 14.8. The Hall–Kier alpha value is -2.60. The van der Waals surface area contributed by atoms with E-state index in [-0.39, 0.29) is 46.7 Å². The fraction of sp³-hybridized carbons (Fsp3) is 0.500. The molecule has 2 aromatic rings. The molecule has 2 heterocycles. The van der Waals surface area contributed by atoms with Crippen molar-refractivity contribution in [2.24, 2.45) is 5.92 Å². The molecule has 1 amide bonds. The van der Waals surface area contributed by atoms with Gasteiger partial charge in [-0.2, -0.15) is 0 Å². The molecule has 0 spiro atoms. The summed E-state index contributed by atoms with van der Waals surface area (Å²) >= 11 is 1.26. The molecule has 0 radical (unpaired) electrons. The van der Waals surface area contributed by atoms with Crippen LogP contribution in [0, 0.1) is 11.7 Å². The predicted molar refractivity (Wildman–Crippen MR) is 144 cm³/mol. The molecule has 2 N–H and O–H groups in total. The van der Waals surface area contributed by atoms with Crippen LogP contribution in [0.25, 0.3) is 6.08 Å². The topological polar surface area (TPSA) is 117 Å². The number of carbonyl (C=O) groups is 3. The molecule has 2 atom stereocenters. The summed E-state index contributed by atoms with van der Waals surface area (Å²) in [6.45, 7) is 3.11. The third-order valence-corrected chi connectivity index (χ3v) is 7.81. The van der Waals surface area contributed by atoms with Gasteiger partial charge in [-0.15, -0.1) is 17.5 Å². The number of hydrogen-bond acceptors (Lipinski definition) is 8. The first kappa shape index (κ1) is 29.9. The van der Waals surface area contributed by atoms with Gasteiger partial charge in [0.2, 0.25) is 5.91 Å². The van der Waals surface area contributed by atoms with Crippen molar-refractivity contribution in [1.29, 1.82) is 0 Å². The number of carbonyl (C=O) groups excluding carboxylic acids is 3. The van der Waals surface area contributed by atoms with Crippen LogP contribution in [0.1, 0.15) is 62.7 Å². The van der Waals surface area contributed by atoms with Crippen molar-refractivity contribution in [3.05, 3.63) is 53.1 Å². The average Bonchev–Trinajstić information content (AvgIpc) is 3.64. The number of halogens is 2. The summed E-state index contributed by atoms with van der Waals surface area (Å²) in [5.41, 5.74) is 3.60. The maximum absolute atomic E-state index is 14.8. The lowest BCUT2D eigenvalue weighted by Crippen LogP contribution is -2.43. The summed E-state index contributed by atoms with van der Waals surface area (Å²) in [4.78, 5) is 38.5. The van der Waals surface area contributed by atoms with Crippen LogP contribution in [-0.2, 0) is 20.9 Å². The number of aryl methyl sites for hydroxylation is 1. The van der Waals surface area contributed by atoms with Gasteiger partial charge in [0.15, 0.2) is 10.9 Å². The normalized spacial score (nSPS) is 19.6. The number of benzene rings is 1. The van der Waals surface area contributed by atoms with Crippen molar-refractivity contribution in [2.75, 3.05) is 13.1 Å². The standard InChI is InChI=1S/C26H32FN5O4S.ClH/c1-17(33)37-23-11-13-31(25(26(35)18-9-10-18)21-6-2-3-7-22(21)27)15-19(23)14-20-16-32(30-28-20)12-5-4-8-24(34)29-36;/h2-3,6-7,14,16,18,23,25,36H,4-5,8-13,15H2,1H3,(H,29,34);1H/b19-14+;. The highest BCUT2D eigenvalue weighted by Gasteiger charge is 2.41. The Morgan fingerprint density at radius 3 is 2.68 bits per heavy atom. The van der Waals surface area contributed by atoms with Gasteiger partial charge in [0.05, 0.1) is 12.2 Å². The molecule has 38 heavy (non-hydrogen) atoms. The SMILES string of the molecule is CC(=O)SC1CCN(C(C(=O)C2CC2)c2ccccc2F)C/C1=C\c1cn(CCCCC(=O)NO)nn1.Cl. The van der Waals surface area contributed by atoms with Crippen molar-refractivity contribution >= 4 is 47.1 Å². The summed E-state index contributed by atoms with van der Waals surface area (Å²) in [5.74, 6) is -0.770. The molecule has 1 aromatic heterocycles. The lowest BCUT2D eigenvalue weighted by molar-refractivity contribution is -0.129. The third-order valence-electron chi connectivity index (χ3n) is 6.66. The van der Waals surface area contributed by atoms with Crippen LogP contribution >= 0.6 is 24.2 Å². The molecule has 1 aliphatic heterocycles. The van der Waals surface area contributed by atoms with E-state index in [1.54, 1.807) is 41.5 Å². The summed E-state index contributed by atoms with van der Waals surface area (Å²) < 4.78 is 16.5. The van der Waals surface area contributed by atoms with Crippen LogP contribution in [0.4, 0.5) is 4.39 Å². The van der Waals surface area contributed by atoms with Gasteiger partial charge in [0, 0.05) is 49.7 Å². The van der Waals surface area contributed by atoms with Gasteiger partial charge in [-0.1, -0.05) is 35.2 Å². The summed E-state index contributed by atoms with van der Waals surface area (Å²) in [7, 11) is 0. The van der Waals surface area contributed by atoms with Crippen LogP contribution in [0.2, 0.25) is 0 Å². The second-order valence-electron chi connectivity index (χ2n) is 9.58. The Labute approximate surface area is 231 Å². The van der Waals surface area contributed by atoms with E-state index in [0.717, 1.165) is 18.4 Å². The number of ketones is 1. The van der Waals surface area contributed by atoms with E-state index >= 15 is 0 Å². The van der Waals surface area contributed by atoms with Crippen LogP contribution in [0.5, 0.6) is 0 Å². The zero-order valence-corrected chi connectivity index (χ0v) is 22.8. The van der Waals surface area contributed by atoms with Gasteiger partial charge in [-0.25, -0.2) is 9.87 Å². The second kappa shape index (κ2) is 14.0. The maximum Gasteiger partial charge on any atom is 0.243 e. The smallest absolute Gasteiger partial charge is 0.243 e. The number of amides is 1. The molecule has 206 valence electrons. The minimum atomic E-state index is -0.660. The zero-order chi connectivity index (χ0) is 26.4. The Balaban J connectivity index is 0.00000400. The van der Waals surface area contributed by atoms with Gasteiger partial charge >= 0.3 is 0 Å². The number of rotatable bonds is 11. The molecule has 1 saturated carbocycles. The second-order valence-corrected chi connectivity index (χ2v) is 11.0. The zero-order valence-electron chi connectivity index (χ0n) is 21.2. The van der Waals surface area contributed by atoms with Gasteiger partial charge < -0.3 is 0 Å². The quantitative estimate of drug-likeness (QED) is 0.239. The molecule has 1 aliphatic carbocycles.